The number of rotatable bonds is 4. The minimum atomic E-state index is -0.0936. The molecule has 0 spiro atoms. The molecule has 0 bridgehead atoms. The molecule has 3 atom stereocenters. The van der Waals surface area contributed by atoms with E-state index in [1.807, 2.05) is 28.0 Å². The molecule has 2 amide bonds. The normalized spacial score (nSPS) is 25.6. The van der Waals surface area contributed by atoms with Crippen molar-refractivity contribution in [3.8, 4) is 0 Å². The SMILES string of the molecule is CCn1cc(C2CN(C(=O)NC3CC3c3ccccc3)CCO2)cn1. The molecular weight excluding hydrogens is 316 g/mol. The van der Waals surface area contributed by atoms with Crippen LogP contribution < -0.4 is 5.32 Å². The number of benzene rings is 1. The van der Waals surface area contributed by atoms with Gasteiger partial charge in [-0.05, 0) is 18.9 Å². The Morgan fingerprint density at radius 2 is 2.16 bits per heavy atom. The molecule has 2 heterocycles. The van der Waals surface area contributed by atoms with Gasteiger partial charge in [0.2, 0.25) is 0 Å². The molecule has 1 saturated carbocycles. The van der Waals surface area contributed by atoms with E-state index in [9.17, 15) is 4.79 Å². The highest BCUT2D eigenvalue weighted by Crippen LogP contribution is 2.40. The van der Waals surface area contributed by atoms with Crippen LogP contribution in [-0.2, 0) is 11.3 Å². The van der Waals surface area contributed by atoms with E-state index >= 15 is 0 Å². The second-order valence-corrected chi connectivity index (χ2v) is 6.74. The molecule has 2 aromatic rings. The van der Waals surface area contributed by atoms with Crippen molar-refractivity contribution in [2.24, 2.45) is 0 Å². The first-order valence-corrected chi connectivity index (χ1v) is 8.99. The van der Waals surface area contributed by atoms with Crippen molar-refractivity contribution in [1.82, 2.24) is 20.0 Å². The number of aromatic nitrogens is 2. The van der Waals surface area contributed by atoms with Crippen molar-refractivity contribution in [3.05, 3.63) is 53.9 Å². The quantitative estimate of drug-likeness (QED) is 0.930. The van der Waals surface area contributed by atoms with Gasteiger partial charge in [-0.1, -0.05) is 30.3 Å². The van der Waals surface area contributed by atoms with E-state index in [-0.39, 0.29) is 18.2 Å². The molecule has 4 rings (SSSR count). The van der Waals surface area contributed by atoms with Crippen LogP contribution in [0.4, 0.5) is 4.79 Å². The van der Waals surface area contributed by atoms with Gasteiger partial charge in [-0.25, -0.2) is 4.79 Å². The van der Waals surface area contributed by atoms with Gasteiger partial charge in [0, 0.05) is 36.8 Å². The Bertz CT molecular complexity index is 730. The zero-order valence-corrected chi connectivity index (χ0v) is 14.5. The van der Waals surface area contributed by atoms with E-state index in [4.69, 9.17) is 4.74 Å². The first kappa shape index (κ1) is 16.1. The molecule has 0 radical (unpaired) electrons. The molecule has 1 aliphatic heterocycles. The van der Waals surface area contributed by atoms with Crippen molar-refractivity contribution in [2.75, 3.05) is 19.7 Å². The summed E-state index contributed by atoms with van der Waals surface area (Å²) in [6.45, 7) is 4.65. The third-order valence-electron chi connectivity index (χ3n) is 5.03. The maximum absolute atomic E-state index is 12.6. The summed E-state index contributed by atoms with van der Waals surface area (Å²) in [5.74, 6) is 0.449. The number of nitrogens with one attached hydrogen (secondary N) is 1. The Hall–Kier alpha value is -2.34. The van der Waals surface area contributed by atoms with Crippen molar-refractivity contribution >= 4 is 6.03 Å². The lowest BCUT2D eigenvalue weighted by Gasteiger charge is -2.32. The summed E-state index contributed by atoms with van der Waals surface area (Å²) in [5, 5.41) is 7.47. The van der Waals surface area contributed by atoms with Gasteiger partial charge in [0.1, 0.15) is 6.10 Å². The minimum Gasteiger partial charge on any atom is -0.370 e. The molecule has 2 fully saturated rings. The zero-order valence-electron chi connectivity index (χ0n) is 14.5. The van der Waals surface area contributed by atoms with Gasteiger partial charge in [0.25, 0.3) is 0 Å². The summed E-state index contributed by atoms with van der Waals surface area (Å²) in [7, 11) is 0. The van der Waals surface area contributed by atoms with E-state index < -0.39 is 0 Å². The fourth-order valence-electron chi connectivity index (χ4n) is 3.43. The molecule has 2 aliphatic rings. The second-order valence-electron chi connectivity index (χ2n) is 6.74. The number of ether oxygens (including phenoxy) is 1. The Balaban J connectivity index is 1.33. The highest BCUT2D eigenvalue weighted by molar-refractivity contribution is 5.75. The summed E-state index contributed by atoms with van der Waals surface area (Å²) in [6, 6.07) is 10.7. The molecule has 132 valence electrons. The van der Waals surface area contributed by atoms with Crippen LogP contribution in [0.5, 0.6) is 0 Å². The molecule has 3 unspecified atom stereocenters. The van der Waals surface area contributed by atoms with Gasteiger partial charge in [-0.15, -0.1) is 0 Å². The predicted molar refractivity (Wildman–Crippen MR) is 94.3 cm³/mol. The molecule has 6 heteroatoms. The van der Waals surface area contributed by atoms with E-state index in [1.54, 1.807) is 0 Å². The Morgan fingerprint density at radius 3 is 2.92 bits per heavy atom. The van der Waals surface area contributed by atoms with Crippen LogP contribution in [0.3, 0.4) is 0 Å². The number of carbonyl (C=O) groups is 1. The highest BCUT2D eigenvalue weighted by Gasteiger charge is 2.40. The number of morpholine rings is 1. The lowest BCUT2D eigenvalue weighted by atomic mass is 10.1. The van der Waals surface area contributed by atoms with Crippen LogP contribution >= 0.6 is 0 Å². The van der Waals surface area contributed by atoms with Crippen LogP contribution in [0.25, 0.3) is 0 Å². The predicted octanol–water partition coefficient (Wildman–Crippen LogP) is 2.54. The van der Waals surface area contributed by atoms with E-state index in [1.165, 1.54) is 5.56 Å². The van der Waals surface area contributed by atoms with Crippen LogP contribution in [0.2, 0.25) is 0 Å². The lowest BCUT2D eigenvalue weighted by Crippen LogP contribution is -2.47. The molecule has 6 nitrogen and oxygen atoms in total. The van der Waals surface area contributed by atoms with Gasteiger partial charge in [-0.2, -0.15) is 5.10 Å². The number of amides is 2. The van der Waals surface area contributed by atoms with Gasteiger partial charge >= 0.3 is 6.03 Å². The van der Waals surface area contributed by atoms with E-state index in [0.29, 0.717) is 25.6 Å². The number of nitrogens with zero attached hydrogens (tertiary/aromatic N) is 3. The average Bonchev–Trinajstić information content (AvgIpc) is 3.26. The Labute approximate surface area is 147 Å². The molecule has 1 aromatic heterocycles. The van der Waals surface area contributed by atoms with Crippen LogP contribution in [-0.4, -0.2) is 46.4 Å². The van der Waals surface area contributed by atoms with Crippen LogP contribution in [0.1, 0.15) is 36.5 Å². The zero-order chi connectivity index (χ0) is 17.2. The first-order valence-electron chi connectivity index (χ1n) is 8.99. The summed E-state index contributed by atoms with van der Waals surface area (Å²) >= 11 is 0. The number of aryl methyl sites for hydroxylation is 1. The standard InChI is InChI=1S/C19H24N4O2/c1-2-23-12-15(11-20-23)18-13-22(8-9-25-18)19(24)21-17-10-16(17)14-6-4-3-5-7-14/h3-7,11-12,16-18H,2,8-10,13H2,1H3,(H,21,24). The minimum absolute atomic E-state index is 0.0135. The van der Waals surface area contributed by atoms with Gasteiger partial charge in [0.15, 0.2) is 0 Å². The molecular formula is C19H24N4O2. The Morgan fingerprint density at radius 1 is 1.32 bits per heavy atom. The summed E-state index contributed by atoms with van der Waals surface area (Å²) < 4.78 is 7.72. The maximum atomic E-state index is 12.6. The fourth-order valence-corrected chi connectivity index (χ4v) is 3.43. The molecule has 1 aromatic carbocycles. The number of carbonyl (C=O) groups excluding carboxylic acids is 1. The molecule has 1 N–H and O–H groups in total. The van der Waals surface area contributed by atoms with Crippen molar-refractivity contribution in [2.45, 2.75) is 38.0 Å². The van der Waals surface area contributed by atoms with Gasteiger partial charge in [-0.3, -0.25) is 4.68 Å². The van der Waals surface area contributed by atoms with Crippen molar-refractivity contribution < 1.29 is 9.53 Å². The monoisotopic (exact) mass is 340 g/mol. The molecule has 25 heavy (non-hydrogen) atoms. The smallest absolute Gasteiger partial charge is 0.317 e. The highest BCUT2D eigenvalue weighted by atomic mass is 16.5. The van der Waals surface area contributed by atoms with Crippen molar-refractivity contribution in [1.29, 1.82) is 0 Å². The Kier molecular flexibility index (Phi) is 4.44. The topological polar surface area (TPSA) is 59.4 Å². The van der Waals surface area contributed by atoms with Crippen LogP contribution in [0.15, 0.2) is 42.7 Å². The average molecular weight is 340 g/mol. The number of hydrogen-bond donors (Lipinski definition) is 1. The molecule has 1 saturated heterocycles. The third kappa shape index (κ3) is 3.54. The first-order chi connectivity index (χ1) is 12.2. The van der Waals surface area contributed by atoms with E-state index in [0.717, 1.165) is 18.5 Å². The molecule has 1 aliphatic carbocycles. The van der Waals surface area contributed by atoms with Crippen molar-refractivity contribution in [3.63, 3.8) is 0 Å². The fraction of sp³-hybridized carbons (Fsp3) is 0.474. The summed E-state index contributed by atoms with van der Waals surface area (Å²) in [6.07, 6.45) is 4.76. The largest absolute Gasteiger partial charge is 0.370 e. The number of urea groups is 1. The maximum Gasteiger partial charge on any atom is 0.317 e. The van der Waals surface area contributed by atoms with Gasteiger partial charge < -0.3 is 15.0 Å². The van der Waals surface area contributed by atoms with Crippen LogP contribution in [0, 0.1) is 0 Å². The van der Waals surface area contributed by atoms with E-state index in [2.05, 4.69) is 41.6 Å². The third-order valence-corrected chi connectivity index (χ3v) is 5.03. The summed E-state index contributed by atoms with van der Waals surface area (Å²) in [4.78, 5) is 14.5. The number of hydrogen-bond acceptors (Lipinski definition) is 3. The lowest BCUT2D eigenvalue weighted by molar-refractivity contribution is -0.0155. The second kappa shape index (κ2) is 6.88. The van der Waals surface area contributed by atoms with Gasteiger partial charge in [0.05, 0.1) is 19.3 Å². The summed E-state index contributed by atoms with van der Waals surface area (Å²) in [5.41, 5.74) is 2.34.